The van der Waals surface area contributed by atoms with Gasteiger partial charge in [-0.05, 0) is 87.3 Å². The summed E-state index contributed by atoms with van der Waals surface area (Å²) in [5.41, 5.74) is 6.57. The number of amides is 3. The average Bonchev–Trinajstić information content (AvgIpc) is 3.96. The van der Waals surface area contributed by atoms with Crippen LogP contribution in [0.5, 0.6) is 0 Å². The van der Waals surface area contributed by atoms with E-state index >= 15 is 0 Å². The van der Waals surface area contributed by atoms with Crippen LogP contribution in [-0.2, 0) is 27.3 Å². The minimum absolute atomic E-state index is 0.0646. The van der Waals surface area contributed by atoms with Crippen molar-refractivity contribution in [2.24, 2.45) is 0 Å². The Kier molecular flexibility index (Phi) is 11.2. The van der Waals surface area contributed by atoms with E-state index in [2.05, 4.69) is 22.2 Å². The van der Waals surface area contributed by atoms with Gasteiger partial charge in [0.25, 0.3) is 0 Å². The quantitative estimate of drug-likeness (QED) is 0.126. The predicted octanol–water partition coefficient (Wildman–Crippen LogP) is 7.41. The first kappa shape index (κ1) is 37.3. The van der Waals surface area contributed by atoms with Crippen molar-refractivity contribution < 1.29 is 18.8 Å². The Balaban J connectivity index is 1.04. The maximum absolute atomic E-state index is 13.9. The van der Waals surface area contributed by atoms with Gasteiger partial charge in [0.15, 0.2) is 5.76 Å². The molecule has 0 unspecified atom stereocenters. The molecule has 3 amide bonds. The molecule has 6 aromatic rings. The molecular weight excluding hydrogens is 691 g/mol. The number of likely N-dealkylation sites (tertiary alicyclic amines) is 1. The molecule has 4 aromatic carbocycles. The zero-order valence-corrected chi connectivity index (χ0v) is 31.8. The van der Waals surface area contributed by atoms with Crippen molar-refractivity contribution in [2.45, 2.75) is 58.2 Å². The Hall–Kier alpha value is -6.07. The largest absolute Gasteiger partial charge is 0.436 e. The molecule has 0 bridgehead atoms. The first-order valence-corrected chi connectivity index (χ1v) is 18.9. The molecule has 55 heavy (non-hydrogen) atoms. The molecule has 0 spiro atoms. The van der Waals surface area contributed by atoms with E-state index in [1.807, 2.05) is 128 Å². The number of carbonyl (C=O) groups excluding carboxylic acids is 3. The molecule has 1 aliphatic rings. The summed E-state index contributed by atoms with van der Waals surface area (Å²) in [6.07, 6.45) is 4.24. The number of rotatable bonds is 13. The van der Waals surface area contributed by atoms with E-state index in [0.29, 0.717) is 61.2 Å². The normalized spacial score (nSPS) is 14.7. The Labute approximate surface area is 321 Å². The first-order chi connectivity index (χ1) is 26.7. The van der Waals surface area contributed by atoms with E-state index in [1.54, 1.807) is 11.1 Å². The third-order valence-electron chi connectivity index (χ3n) is 10.2. The van der Waals surface area contributed by atoms with Crippen LogP contribution in [-0.4, -0.2) is 80.6 Å². The van der Waals surface area contributed by atoms with Crippen molar-refractivity contribution in [3.8, 4) is 22.8 Å². The molecule has 0 radical (unpaired) electrons. The van der Waals surface area contributed by atoms with Crippen LogP contribution in [0.15, 0.2) is 108 Å². The lowest BCUT2D eigenvalue weighted by molar-refractivity contribution is -0.140. The average molecular weight is 738 g/mol. The number of anilines is 1. The predicted molar refractivity (Wildman–Crippen MR) is 214 cm³/mol. The highest BCUT2D eigenvalue weighted by atomic mass is 16.4. The Morgan fingerprint density at radius 1 is 0.964 bits per heavy atom. The van der Waals surface area contributed by atoms with Gasteiger partial charge in [-0.15, -0.1) is 0 Å². The van der Waals surface area contributed by atoms with Crippen LogP contribution in [0, 0.1) is 6.92 Å². The number of nitrogens with one attached hydrogen (secondary N) is 2. The molecular formula is C44H47N7O4. The van der Waals surface area contributed by atoms with Crippen molar-refractivity contribution in [3.63, 3.8) is 0 Å². The monoisotopic (exact) mass is 737 g/mol. The number of imidazole rings is 1. The number of aromatic amines is 1. The molecule has 1 aliphatic heterocycles. The second-order valence-corrected chi connectivity index (χ2v) is 14.4. The zero-order valence-electron chi connectivity index (χ0n) is 31.8. The lowest BCUT2D eigenvalue weighted by atomic mass is 10.0. The van der Waals surface area contributed by atoms with Crippen LogP contribution in [0.3, 0.4) is 0 Å². The van der Waals surface area contributed by atoms with E-state index in [-0.39, 0.29) is 17.7 Å². The SMILES string of the molecule is CCCN(Cc1nc2ccc(-c3cnc(-c4ccc(C)c(NC(=O)[C@@H]5CCCN5C(=O)[C@@H](c5ccccc5)N(C)C)c4)o3)cc2[nH]1)C(=O)Cc1ccccc1. The molecule has 2 atom stereocenters. The molecule has 0 aliphatic carbocycles. The topological polar surface area (TPSA) is 128 Å². The van der Waals surface area contributed by atoms with Gasteiger partial charge in [0.1, 0.15) is 17.9 Å². The molecule has 7 rings (SSSR count). The maximum Gasteiger partial charge on any atom is 0.247 e. The Morgan fingerprint density at radius 2 is 1.71 bits per heavy atom. The molecule has 1 fully saturated rings. The summed E-state index contributed by atoms with van der Waals surface area (Å²) in [4.78, 5) is 59.0. The highest BCUT2D eigenvalue weighted by Gasteiger charge is 2.38. The van der Waals surface area contributed by atoms with Gasteiger partial charge >= 0.3 is 0 Å². The van der Waals surface area contributed by atoms with Crippen LogP contribution in [0.2, 0.25) is 0 Å². The van der Waals surface area contributed by atoms with Crippen LogP contribution in [0.4, 0.5) is 5.69 Å². The third-order valence-corrected chi connectivity index (χ3v) is 10.2. The van der Waals surface area contributed by atoms with Gasteiger partial charge in [-0.25, -0.2) is 9.97 Å². The number of benzene rings is 4. The van der Waals surface area contributed by atoms with Gasteiger partial charge in [-0.1, -0.05) is 73.7 Å². The van der Waals surface area contributed by atoms with E-state index in [9.17, 15) is 14.4 Å². The number of H-pyrrole nitrogens is 1. The number of aromatic nitrogens is 3. The number of oxazole rings is 1. The standard InChI is InChI=1S/C44H47N7O4/c1-5-22-50(40(52)24-30-13-8-6-9-14-30)28-39-46-34-21-20-32(25-36(34)47-39)38-27-45-43(55-38)33-19-18-29(2)35(26-33)48-42(53)37-17-12-23-51(37)44(54)41(49(3)4)31-15-10-7-11-16-31/h6-11,13-16,18-21,25-27,37,41H,5,12,17,22-24,28H2,1-4H3,(H,46,47)(H,48,53)/t37-,41+/m0/s1. The third kappa shape index (κ3) is 8.37. The van der Waals surface area contributed by atoms with Gasteiger partial charge in [0.2, 0.25) is 23.6 Å². The number of likely N-dealkylation sites (N-methyl/N-ethyl adjacent to an activating group) is 1. The van der Waals surface area contributed by atoms with E-state index in [0.717, 1.165) is 46.1 Å². The molecule has 11 heteroatoms. The minimum Gasteiger partial charge on any atom is -0.436 e. The van der Waals surface area contributed by atoms with E-state index < -0.39 is 12.1 Å². The van der Waals surface area contributed by atoms with Crippen molar-refractivity contribution in [3.05, 3.63) is 126 Å². The highest BCUT2D eigenvalue weighted by molar-refractivity contribution is 5.99. The Bertz CT molecular complexity index is 2280. The lowest BCUT2D eigenvalue weighted by Crippen LogP contribution is -2.47. The molecule has 1 saturated heterocycles. The minimum atomic E-state index is -0.572. The number of hydrogen-bond donors (Lipinski definition) is 2. The van der Waals surface area contributed by atoms with Gasteiger partial charge in [0.05, 0.1) is 30.2 Å². The fourth-order valence-corrected chi connectivity index (χ4v) is 7.32. The number of nitrogens with zero attached hydrogens (tertiary/aromatic N) is 5. The second kappa shape index (κ2) is 16.5. The van der Waals surface area contributed by atoms with Crippen LogP contribution < -0.4 is 5.32 Å². The second-order valence-electron chi connectivity index (χ2n) is 14.4. The number of fused-ring (bicyclic) bond motifs is 1. The van der Waals surface area contributed by atoms with Crippen LogP contribution in [0.1, 0.15) is 54.7 Å². The molecule has 282 valence electrons. The Morgan fingerprint density at radius 3 is 2.45 bits per heavy atom. The number of aryl methyl sites for hydroxylation is 1. The number of carbonyl (C=O) groups is 3. The summed E-state index contributed by atoms with van der Waals surface area (Å²) >= 11 is 0. The molecule has 0 saturated carbocycles. The molecule has 2 aromatic heterocycles. The van der Waals surface area contributed by atoms with Crippen LogP contribution >= 0.6 is 0 Å². The molecule has 11 nitrogen and oxygen atoms in total. The van der Waals surface area contributed by atoms with Gasteiger partial charge in [-0.2, -0.15) is 0 Å². The van der Waals surface area contributed by atoms with Gasteiger partial charge in [-0.3, -0.25) is 19.3 Å². The van der Waals surface area contributed by atoms with Gasteiger partial charge < -0.3 is 24.5 Å². The summed E-state index contributed by atoms with van der Waals surface area (Å²) < 4.78 is 6.27. The smallest absolute Gasteiger partial charge is 0.247 e. The first-order valence-electron chi connectivity index (χ1n) is 18.9. The summed E-state index contributed by atoms with van der Waals surface area (Å²) in [6, 6.07) is 30.0. The van der Waals surface area contributed by atoms with E-state index in [4.69, 9.17) is 9.40 Å². The van der Waals surface area contributed by atoms with E-state index in [1.165, 1.54) is 0 Å². The van der Waals surface area contributed by atoms with Crippen LogP contribution in [0.25, 0.3) is 33.8 Å². The molecule has 3 heterocycles. The summed E-state index contributed by atoms with van der Waals surface area (Å²) in [7, 11) is 3.77. The highest BCUT2D eigenvalue weighted by Crippen LogP contribution is 2.32. The zero-order chi connectivity index (χ0) is 38.5. The van der Waals surface area contributed by atoms with Gasteiger partial charge in [0, 0.05) is 29.9 Å². The maximum atomic E-state index is 13.9. The summed E-state index contributed by atoms with van der Waals surface area (Å²) in [5, 5.41) is 3.10. The fraction of sp³-hybridized carbons (Fsp3) is 0.295. The molecule has 2 N–H and O–H groups in total. The summed E-state index contributed by atoms with van der Waals surface area (Å²) in [5.74, 6) is 1.48. The fourth-order valence-electron chi connectivity index (χ4n) is 7.32. The van der Waals surface area contributed by atoms with Crippen molar-refractivity contribution in [1.82, 2.24) is 29.7 Å². The number of hydrogen-bond acceptors (Lipinski definition) is 7. The van der Waals surface area contributed by atoms with Crippen molar-refractivity contribution in [1.29, 1.82) is 0 Å². The van der Waals surface area contributed by atoms with Crippen molar-refractivity contribution >= 4 is 34.4 Å². The lowest BCUT2D eigenvalue weighted by Gasteiger charge is -2.31. The van der Waals surface area contributed by atoms with Crippen molar-refractivity contribution in [2.75, 3.05) is 32.5 Å². The summed E-state index contributed by atoms with van der Waals surface area (Å²) in [6.45, 7) is 5.56.